The average Bonchev–Trinajstić information content (AvgIpc) is 2.29. The van der Waals surface area contributed by atoms with Crippen LogP contribution >= 0.6 is 0 Å². The van der Waals surface area contributed by atoms with Gasteiger partial charge in [0.1, 0.15) is 0 Å². The van der Waals surface area contributed by atoms with E-state index < -0.39 is 10.1 Å². The molecule has 0 aliphatic carbocycles. The molecule has 2 rings (SSSR count). The molecule has 1 heterocycles. The molecule has 16 heavy (non-hydrogen) atoms. The average molecular weight is 243 g/mol. The molecule has 0 saturated carbocycles. The fourth-order valence-corrected chi connectivity index (χ4v) is 2.13. The second-order valence-corrected chi connectivity index (χ2v) is 4.99. The van der Waals surface area contributed by atoms with Crippen molar-refractivity contribution in [1.82, 2.24) is 0 Å². The molecule has 88 valence electrons. The molecule has 1 aliphatic heterocycles. The number of ether oxygens (including phenoxy) is 1. The van der Waals surface area contributed by atoms with Crippen molar-refractivity contribution < 1.29 is 17.7 Å². The lowest BCUT2D eigenvalue weighted by Crippen LogP contribution is -2.36. The van der Waals surface area contributed by atoms with Gasteiger partial charge < -0.3 is 9.64 Å². The molecule has 0 aromatic heterocycles. The molecule has 1 aliphatic rings. The lowest BCUT2D eigenvalue weighted by atomic mass is 10.2. The number of nitrogens with zero attached hydrogens (tertiary/aromatic N) is 1. The number of morpholine rings is 1. The SMILES string of the molecule is O=S(=O)(O)c1ccc(N2CCOCC2)cc1. The second-order valence-electron chi connectivity index (χ2n) is 3.57. The Morgan fingerprint density at radius 3 is 2.19 bits per heavy atom. The van der Waals surface area contributed by atoms with E-state index in [9.17, 15) is 8.42 Å². The minimum atomic E-state index is -4.09. The zero-order valence-corrected chi connectivity index (χ0v) is 9.48. The van der Waals surface area contributed by atoms with Gasteiger partial charge in [-0.15, -0.1) is 0 Å². The van der Waals surface area contributed by atoms with E-state index in [2.05, 4.69) is 4.90 Å². The van der Waals surface area contributed by atoms with E-state index >= 15 is 0 Å². The van der Waals surface area contributed by atoms with Crippen molar-refractivity contribution in [2.45, 2.75) is 4.90 Å². The zero-order valence-electron chi connectivity index (χ0n) is 8.67. The lowest BCUT2D eigenvalue weighted by Gasteiger charge is -2.28. The third-order valence-corrected chi connectivity index (χ3v) is 3.38. The van der Waals surface area contributed by atoms with Crippen molar-refractivity contribution in [1.29, 1.82) is 0 Å². The predicted molar refractivity (Wildman–Crippen MR) is 59.3 cm³/mol. The lowest BCUT2D eigenvalue weighted by molar-refractivity contribution is 0.122. The van der Waals surface area contributed by atoms with Gasteiger partial charge in [-0.2, -0.15) is 8.42 Å². The molecule has 0 radical (unpaired) electrons. The number of benzene rings is 1. The Balaban J connectivity index is 2.18. The molecule has 1 aromatic rings. The van der Waals surface area contributed by atoms with E-state index in [0.717, 1.165) is 18.8 Å². The van der Waals surface area contributed by atoms with E-state index in [1.807, 2.05) is 0 Å². The summed E-state index contributed by atoms with van der Waals surface area (Å²) in [5.74, 6) is 0. The molecule has 0 atom stereocenters. The van der Waals surface area contributed by atoms with Crippen LogP contribution in [0.2, 0.25) is 0 Å². The Bertz CT molecular complexity index is 448. The molecule has 1 saturated heterocycles. The fourth-order valence-electron chi connectivity index (χ4n) is 1.65. The van der Waals surface area contributed by atoms with Crippen LogP contribution in [0.3, 0.4) is 0 Å². The molecule has 0 spiro atoms. The first kappa shape index (κ1) is 11.4. The number of rotatable bonds is 2. The highest BCUT2D eigenvalue weighted by atomic mass is 32.2. The van der Waals surface area contributed by atoms with Gasteiger partial charge in [-0.3, -0.25) is 4.55 Å². The van der Waals surface area contributed by atoms with Crippen LogP contribution in [0.5, 0.6) is 0 Å². The minimum absolute atomic E-state index is 0.0792. The Morgan fingerprint density at radius 2 is 1.69 bits per heavy atom. The van der Waals surface area contributed by atoms with Gasteiger partial charge in [0, 0.05) is 18.8 Å². The van der Waals surface area contributed by atoms with Crippen molar-refractivity contribution in [2.24, 2.45) is 0 Å². The Labute approximate surface area is 94.4 Å². The molecule has 6 heteroatoms. The predicted octanol–water partition coefficient (Wildman–Crippen LogP) is 0.770. The van der Waals surface area contributed by atoms with Crippen molar-refractivity contribution in [3.8, 4) is 0 Å². The summed E-state index contributed by atoms with van der Waals surface area (Å²) >= 11 is 0. The summed E-state index contributed by atoms with van der Waals surface area (Å²) in [6.07, 6.45) is 0. The first-order chi connectivity index (χ1) is 7.57. The van der Waals surface area contributed by atoms with Crippen LogP contribution in [0.25, 0.3) is 0 Å². The summed E-state index contributed by atoms with van der Waals surface area (Å²) in [4.78, 5) is 2.03. The molecule has 1 N–H and O–H groups in total. The van der Waals surface area contributed by atoms with Crippen LogP contribution in [0, 0.1) is 0 Å². The Hall–Kier alpha value is -1.11. The first-order valence-electron chi connectivity index (χ1n) is 4.97. The highest BCUT2D eigenvalue weighted by molar-refractivity contribution is 7.85. The summed E-state index contributed by atoms with van der Waals surface area (Å²) in [5.41, 5.74) is 0.940. The van der Waals surface area contributed by atoms with E-state index in [4.69, 9.17) is 9.29 Å². The third kappa shape index (κ3) is 2.52. The Morgan fingerprint density at radius 1 is 1.12 bits per heavy atom. The maximum absolute atomic E-state index is 10.8. The van der Waals surface area contributed by atoms with Gasteiger partial charge >= 0.3 is 0 Å². The third-order valence-electron chi connectivity index (χ3n) is 2.51. The minimum Gasteiger partial charge on any atom is -0.378 e. The zero-order chi connectivity index (χ0) is 11.6. The fraction of sp³-hybridized carbons (Fsp3) is 0.400. The maximum Gasteiger partial charge on any atom is 0.294 e. The van der Waals surface area contributed by atoms with Crippen molar-refractivity contribution in [3.05, 3.63) is 24.3 Å². The van der Waals surface area contributed by atoms with Gasteiger partial charge in [0.25, 0.3) is 10.1 Å². The molecule has 1 fully saturated rings. The topological polar surface area (TPSA) is 66.8 Å². The van der Waals surface area contributed by atoms with Crippen molar-refractivity contribution >= 4 is 15.8 Å². The molecule has 0 unspecified atom stereocenters. The highest BCUT2D eigenvalue weighted by Crippen LogP contribution is 2.18. The van der Waals surface area contributed by atoms with Crippen molar-refractivity contribution in [3.63, 3.8) is 0 Å². The van der Waals surface area contributed by atoms with Crippen LogP contribution in [0.15, 0.2) is 29.2 Å². The van der Waals surface area contributed by atoms with E-state index in [1.54, 1.807) is 12.1 Å². The van der Waals surface area contributed by atoms with Crippen LogP contribution in [-0.2, 0) is 14.9 Å². The summed E-state index contributed by atoms with van der Waals surface area (Å²) in [5, 5.41) is 0. The van der Waals surface area contributed by atoms with E-state index in [0.29, 0.717) is 13.2 Å². The number of anilines is 1. The number of hydrogen-bond donors (Lipinski definition) is 1. The van der Waals surface area contributed by atoms with Gasteiger partial charge in [0.2, 0.25) is 0 Å². The molecule has 0 amide bonds. The Kier molecular flexibility index (Phi) is 3.13. The van der Waals surface area contributed by atoms with Gasteiger partial charge in [0.05, 0.1) is 18.1 Å². The largest absolute Gasteiger partial charge is 0.378 e. The van der Waals surface area contributed by atoms with E-state index in [-0.39, 0.29) is 4.90 Å². The summed E-state index contributed by atoms with van der Waals surface area (Å²) < 4.78 is 35.7. The quantitative estimate of drug-likeness (QED) is 0.777. The monoisotopic (exact) mass is 243 g/mol. The summed E-state index contributed by atoms with van der Waals surface area (Å²) in [6, 6.07) is 6.18. The molecule has 1 aromatic carbocycles. The van der Waals surface area contributed by atoms with Crippen molar-refractivity contribution in [2.75, 3.05) is 31.2 Å². The smallest absolute Gasteiger partial charge is 0.294 e. The normalized spacial score (nSPS) is 17.4. The summed E-state index contributed by atoms with van der Waals surface area (Å²) in [7, 11) is -4.09. The molecule has 0 bridgehead atoms. The van der Waals surface area contributed by atoms with Crippen LogP contribution in [0.4, 0.5) is 5.69 Å². The second kappa shape index (κ2) is 4.40. The summed E-state index contributed by atoms with van der Waals surface area (Å²) in [6.45, 7) is 2.95. The molecule has 5 nitrogen and oxygen atoms in total. The standard InChI is InChI=1S/C10H13NO4S/c12-16(13,14)10-3-1-9(2-4-10)11-5-7-15-8-6-11/h1-4H,5-8H2,(H,12,13,14). The van der Waals surface area contributed by atoms with Crippen LogP contribution < -0.4 is 4.90 Å². The van der Waals surface area contributed by atoms with Gasteiger partial charge in [0.15, 0.2) is 0 Å². The molecular formula is C10H13NO4S. The highest BCUT2D eigenvalue weighted by Gasteiger charge is 2.13. The van der Waals surface area contributed by atoms with Gasteiger partial charge in [-0.1, -0.05) is 0 Å². The van der Waals surface area contributed by atoms with Crippen LogP contribution in [0.1, 0.15) is 0 Å². The van der Waals surface area contributed by atoms with Gasteiger partial charge in [-0.05, 0) is 24.3 Å². The van der Waals surface area contributed by atoms with E-state index in [1.165, 1.54) is 12.1 Å². The molecular weight excluding hydrogens is 230 g/mol. The van der Waals surface area contributed by atoms with Crippen LogP contribution in [-0.4, -0.2) is 39.3 Å². The van der Waals surface area contributed by atoms with Gasteiger partial charge in [-0.25, -0.2) is 0 Å². The first-order valence-corrected chi connectivity index (χ1v) is 6.41. The number of hydrogen-bond acceptors (Lipinski definition) is 4. The maximum atomic E-state index is 10.8.